The Hall–Kier alpha value is -0.432. The van der Waals surface area contributed by atoms with Crippen molar-refractivity contribution in [2.75, 3.05) is 0 Å². The van der Waals surface area contributed by atoms with Gasteiger partial charge in [0.1, 0.15) is 5.75 Å². The van der Waals surface area contributed by atoms with Crippen molar-refractivity contribution in [3.8, 4) is 5.75 Å². The molecule has 1 nitrogen and oxygen atoms in total. The Morgan fingerprint density at radius 3 is 1.64 bits per heavy atom. The zero-order chi connectivity index (χ0) is 19.4. The van der Waals surface area contributed by atoms with E-state index in [4.69, 9.17) is 23.2 Å². The predicted molar refractivity (Wildman–Crippen MR) is 93.1 cm³/mol. The van der Waals surface area contributed by atoms with Crippen molar-refractivity contribution in [1.29, 1.82) is 0 Å². The van der Waals surface area contributed by atoms with E-state index in [9.17, 15) is 22.0 Å². The molecule has 0 saturated heterocycles. The van der Waals surface area contributed by atoms with Crippen molar-refractivity contribution in [3.05, 3.63) is 63.6 Å². The molecule has 0 aromatic heterocycles. The zero-order valence-corrected chi connectivity index (χ0v) is 17.2. The molecule has 25 heavy (non-hydrogen) atoms. The minimum absolute atomic E-state index is 0. The molecule has 2 rings (SSSR count). The third kappa shape index (κ3) is 14.4. The molecule has 1 N–H and O–H groups in total. The van der Waals surface area contributed by atoms with Gasteiger partial charge >= 0.3 is 37.8 Å². The van der Waals surface area contributed by atoms with Gasteiger partial charge in [-0.3, -0.25) is 0 Å². The summed E-state index contributed by atoms with van der Waals surface area (Å²) in [5, 5.41) is 10.5. The maximum atomic E-state index is 9.93. The first-order valence-corrected chi connectivity index (χ1v) is 14.2. The predicted octanol–water partition coefficient (Wildman–Crippen LogP) is 7.39. The smallest absolute Gasteiger partial charge is 1.00 e. The van der Waals surface area contributed by atoms with E-state index in [-0.39, 0.29) is 1.43 Å². The molecule has 0 radical (unpaired) electrons. The molecule has 0 spiro atoms. The van der Waals surface area contributed by atoms with Gasteiger partial charge in [0.15, 0.2) is 0 Å². The number of rotatable bonds is 4. The summed E-state index contributed by atoms with van der Waals surface area (Å²) < 4.78 is 59.6. The number of thioether (sulfide) groups is 1. The van der Waals surface area contributed by atoms with Crippen molar-refractivity contribution >= 4 is 54.4 Å². The van der Waals surface area contributed by atoms with E-state index < -0.39 is 19.5 Å². The topological polar surface area (TPSA) is 20.2 Å². The van der Waals surface area contributed by atoms with Gasteiger partial charge in [-0.25, -0.2) is 0 Å². The number of benzene rings is 2. The molecule has 0 aliphatic rings. The van der Waals surface area contributed by atoms with E-state index in [0.29, 0.717) is 15.8 Å². The molecule has 142 valence electrons. The van der Waals surface area contributed by atoms with E-state index >= 15 is 0 Å². The second-order valence-corrected chi connectivity index (χ2v) is 12.2. The molecule has 11 heteroatoms. The van der Waals surface area contributed by atoms with Gasteiger partial charge in [-0.2, -0.15) is 11.8 Å². The standard InChI is InChI=1S/C14H12Cl2OS.6FH.Sb/c15-12-5-11(6-13(16)7-12)9-18-8-10-1-3-14(17)4-2-10;;;;;;;/h1-7,17H,8-9H2;6*1H;/q;;;;;;;+5/p-5. The van der Waals surface area contributed by atoms with Crippen LogP contribution >= 0.6 is 35.0 Å². The van der Waals surface area contributed by atoms with Crippen LogP contribution in [-0.2, 0) is 11.5 Å². The molecule has 2 aromatic rings. The van der Waals surface area contributed by atoms with Crippen molar-refractivity contribution < 1.29 is 23.4 Å². The quantitative estimate of drug-likeness (QED) is 0.325. The third-order valence-corrected chi connectivity index (χ3v) is 3.91. The third-order valence-electron chi connectivity index (χ3n) is 2.40. The number of phenols is 1. The van der Waals surface area contributed by atoms with Crippen LogP contribution in [0.25, 0.3) is 0 Å². The summed E-state index contributed by atoms with van der Waals surface area (Å²) in [5.41, 5.74) is 2.31. The van der Waals surface area contributed by atoms with E-state index in [2.05, 4.69) is 0 Å². The van der Waals surface area contributed by atoms with Gasteiger partial charge in [-0.1, -0.05) is 35.3 Å². The van der Waals surface area contributed by atoms with Crippen LogP contribution in [0.4, 0.5) is 16.9 Å². The van der Waals surface area contributed by atoms with Crippen LogP contribution in [0.1, 0.15) is 12.6 Å². The van der Waals surface area contributed by atoms with E-state index in [0.717, 1.165) is 17.1 Å². The molecule has 0 bridgehead atoms. The van der Waals surface area contributed by atoms with Crippen LogP contribution in [0, 0.1) is 0 Å². The number of hydrogen-bond acceptors (Lipinski definition) is 2. The largest absolute Gasteiger partial charge is 1.00 e. The molecule has 0 aliphatic heterocycles. The van der Waals surface area contributed by atoms with Crippen LogP contribution in [0.15, 0.2) is 42.5 Å². The van der Waals surface area contributed by atoms with Gasteiger partial charge in [-0.15, -0.1) is 0 Å². The molecule has 0 aliphatic carbocycles. The van der Waals surface area contributed by atoms with Gasteiger partial charge in [-0.05, 0) is 41.5 Å². The fraction of sp³-hybridized carbons (Fsp3) is 0.143. The number of hydrogen-bond donors (Lipinski definition) is 1. The molecule has 0 saturated carbocycles. The minimum Gasteiger partial charge on any atom is 1.00 e. The van der Waals surface area contributed by atoms with Crippen LogP contribution < -0.4 is 0 Å². The molecule has 0 amide bonds. The average Bonchev–Trinajstić information content (AvgIpc) is 2.36. The fourth-order valence-electron chi connectivity index (χ4n) is 1.57. The Labute approximate surface area is 158 Å². The average molecular weight is 536 g/mol. The maximum Gasteiger partial charge on any atom is 1.00 e. The summed E-state index contributed by atoms with van der Waals surface area (Å²) >= 11 is 2.42. The van der Waals surface area contributed by atoms with Gasteiger partial charge in [0, 0.05) is 21.6 Å². The summed E-state index contributed by atoms with van der Waals surface area (Å²) in [6, 6.07) is 12.8. The van der Waals surface area contributed by atoms with Crippen molar-refractivity contribution in [1.82, 2.24) is 0 Å². The van der Waals surface area contributed by atoms with E-state index in [1.54, 1.807) is 30.0 Å². The van der Waals surface area contributed by atoms with Crippen LogP contribution in [0.3, 0.4) is 0 Å². The molecular formula is C14H13Cl2F6OSSb. The van der Waals surface area contributed by atoms with Crippen LogP contribution in [-0.4, -0.2) is 24.6 Å². The molecule has 0 unspecified atom stereocenters. The van der Waals surface area contributed by atoms with E-state index in [1.165, 1.54) is 5.56 Å². The van der Waals surface area contributed by atoms with Crippen molar-refractivity contribution in [3.63, 3.8) is 0 Å². The SMILES string of the molecule is Oc1ccc(CSCc2cc(Cl)cc(Cl)c2)cc1.[F][Sb-]([F])([F])([F])([F])[F].[H+]. The summed E-state index contributed by atoms with van der Waals surface area (Å²) in [4.78, 5) is 0. The zero-order valence-electron chi connectivity index (χ0n) is 13.3. The van der Waals surface area contributed by atoms with Crippen molar-refractivity contribution in [2.24, 2.45) is 0 Å². The Kier molecular flexibility index (Phi) is 6.93. The maximum absolute atomic E-state index is 11.2. The Morgan fingerprint density at radius 2 is 1.20 bits per heavy atom. The normalized spacial score (nSPS) is 14.1. The first kappa shape index (κ1) is 22.6. The minimum atomic E-state index is -11.2. The summed E-state index contributed by atoms with van der Waals surface area (Å²) in [7, 11) is 0. The van der Waals surface area contributed by atoms with Gasteiger partial charge in [0.25, 0.3) is 0 Å². The second-order valence-electron chi connectivity index (χ2n) is 4.90. The number of halogens is 8. The molecule has 0 heterocycles. The second kappa shape index (κ2) is 7.67. The summed E-state index contributed by atoms with van der Waals surface area (Å²) in [5.74, 6) is 2.05. The molecule has 0 atom stereocenters. The Morgan fingerprint density at radius 1 is 0.800 bits per heavy atom. The van der Waals surface area contributed by atoms with Gasteiger partial charge in [0.2, 0.25) is 0 Å². The summed E-state index contributed by atoms with van der Waals surface area (Å²) in [6.45, 7) is 0. The fourth-order valence-corrected chi connectivity index (χ4v) is 3.08. The first-order chi connectivity index (χ1) is 11.1. The molecular weight excluding hydrogens is 523 g/mol. The first-order valence-electron chi connectivity index (χ1n) is 6.45. The Bertz CT molecular complexity index is 697. The molecule has 2 aromatic carbocycles. The number of phenolic OH excluding ortho intramolecular Hbond substituents is 1. The van der Waals surface area contributed by atoms with Crippen LogP contribution in [0.5, 0.6) is 5.75 Å². The number of aromatic hydroxyl groups is 1. The molecule has 0 fully saturated rings. The summed E-state index contributed by atoms with van der Waals surface area (Å²) in [6.07, 6.45) is 0. The van der Waals surface area contributed by atoms with Gasteiger partial charge in [0.05, 0.1) is 0 Å². The van der Waals surface area contributed by atoms with Crippen LogP contribution in [0.2, 0.25) is 10.0 Å². The van der Waals surface area contributed by atoms with E-state index in [1.807, 2.05) is 24.3 Å². The van der Waals surface area contributed by atoms with Gasteiger partial charge < -0.3 is 5.11 Å². The monoisotopic (exact) mass is 534 g/mol. The Balaban J connectivity index is 0.000000673. The van der Waals surface area contributed by atoms with Crippen molar-refractivity contribution in [2.45, 2.75) is 11.5 Å².